The van der Waals surface area contributed by atoms with Crippen LogP contribution < -0.4 is 10.1 Å². The van der Waals surface area contributed by atoms with Crippen LogP contribution in [-0.2, 0) is 13.5 Å². The number of benzene rings is 1. The summed E-state index contributed by atoms with van der Waals surface area (Å²) in [4.78, 5) is 4.43. The van der Waals surface area contributed by atoms with Gasteiger partial charge < -0.3 is 10.1 Å². The molecule has 21 heavy (non-hydrogen) atoms. The second kappa shape index (κ2) is 5.83. The summed E-state index contributed by atoms with van der Waals surface area (Å²) >= 11 is 0. The van der Waals surface area contributed by atoms with Gasteiger partial charge in [0.15, 0.2) is 0 Å². The molecule has 1 N–H and O–H groups in total. The first-order valence-electron chi connectivity index (χ1n) is 6.91. The molecule has 0 aliphatic carbocycles. The number of ether oxygens (including phenoxy) is 1. The summed E-state index contributed by atoms with van der Waals surface area (Å²) < 4.78 is 7.18. The van der Waals surface area contributed by atoms with E-state index in [1.54, 1.807) is 7.11 Å². The van der Waals surface area contributed by atoms with Crippen LogP contribution in [0.3, 0.4) is 0 Å². The molecule has 1 aromatic carbocycles. The molecular formula is C16H18N4O. The van der Waals surface area contributed by atoms with Crippen molar-refractivity contribution in [2.75, 3.05) is 19.0 Å². The van der Waals surface area contributed by atoms with E-state index in [0.29, 0.717) is 0 Å². The smallest absolute Gasteiger partial charge is 0.133 e. The van der Waals surface area contributed by atoms with E-state index in [0.717, 1.165) is 35.3 Å². The fourth-order valence-electron chi connectivity index (χ4n) is 2.37. The third kappa shape index (κ3) is 2.81. The standard InChI is InChI=1S/C16H18N4O/c1-20-13(7-10-19-20)6-9-18-16-15-11-14(21-2)4-3-12(15)5-8-17-16/h3-5,7-8,10-11H,6,9H2,1-2H3,(H,17,18). The highest BCUT2D eigenvalue weighted by molar-refractivity contribution is 5.92. The Balaban J connectivity index is 1.78. The van der Waals surface area contributed by atoms with Crippen LogP contribution in [0.2, 0.25) is 0 Å². The number of nitrogens with one attached hydrogen (secondary N) is 1. The monoisotopic (exact) mass is 282 g/mol. The van der Waals surface area contributed by atoms with Gasteiger partial charge in [-0.3, -0.25) is 4.68 Å². The highest BCUT2D eigenvalue weighted by Gasteiger charge is 2.04. The van der Waals surface area contributed by atoms with Crippen LogP contribution >= 0.6 is 0 Å². The van der Waals surface area contributed by atoms with Crippen molar-refractivity contribution in [1.82, 2.24) is 14.8 Å². The van der Waals surface area contributed by atoms with Crippen molar-refractivity contribution in [3.8, 4) is 5.75 Å². The number of nitrogens with zero attached hydrogens (tertiary/aromatic N) is 3. The summed E-state index contributed by atoms with van der Waals surface area (Å²) in [6, 6.07) is 10.0. The molecule has 0 bridgehead atoms. The topological polar surface area (TPSA) is 52.0 Å². The Morgan fingerprint density at radius 1 is 1.19 bits per heavy atom. The van der Waals surface area contributed by atoms with Crippen molar-refractivity contribution in [3.05, 3.63) is 48.4 Å². The van der Waals surface area contributed by atoms with Crippen LogP contribution in [0.15, 0.2) is 42.7 Å². The molecule has 0 aliphatic heterocycles. The third-order valence-corrected chi connectivity index (χ3v) is 3.57. The molecule has 5 nitrogen and oxygen atoms in total. The molecule has 0 spiro atoms. The van der Waals surface area contributed by atoms with E-state index in [4.69, 9.17) is 4.74 Å². The summed E-state index contributed by atoms with van der Waals surface area (Å²) in [5, 5.41) is 9.79. The minimum atomic E-state index is 0.808. The number of fused-ring (bicyclic) bond motifs is 1. The lowest BCUT2D eigenvalue weighted by Crippen LogP contribution is -2.09. The lowest BCUT2D eigenvalue weighted by Gasteiger charge is -2.10. The fraction of sp³-hybridized carbons (Fsp3) is 0.250. The Bertz CT molecular complexity index is 751. The van der Waals surface area contributed by atoms with Crippen molar-refractivity contribution in [2.24, 2.45) is 7.05 Å². The molecule has 108 valence electrons. The fourth-order valence-corrected chi connectivity index (χ4v) is 2.37. The average molecular weight is 282 g/mol. The van der Waals surface area contributed by atoms with Crippen LogP contribution in [-0.4, -0.2) is 28.4 Å². The molecule has 2 aromatic heterocycles. The summed E-state index contributed by atoms with van der Waals surface area (Å²) in [5.41, 5.74) is 1.19. The van der Waals surface area contributed by atoms with E-state index in [-0.39, 0.29) is 0 Å². The van der Waals surface area contributed by atoms with Gasteiger partial charge in [0.1, 0.15) is 11.6 Å². The first kappa shape index (κ1) is 13.4. The number of methoxy groups -OCH3 is 1. The predicted octanol–water partition coefficient (Wildman–Crippen LogP) is 2.63. The first-order valence-corrected chi connectivity index (χ1v) is 6.91. The van der Waals surface area contributed by atoms with E-state index >= 15 is 0 Å². The van der Waals surface area contributed by atoms with E-state index in [9.17, 15) is 0 Å². The maximum atomic E-state index is 5.29. The van der Waals surface area contributed by atoms with E-state index in [2.05, 4.69) is 15.4 Å². The van der Waals surface area contributed by atoms with Gasteiger partial charge >= 0.3 is 0 Å². The molecule has 0 fully saturated rings. The number of aromatic nitrogens is 3. The quantitative estimate of drug-likeness (QED) is 0.781. The van der Waals surface area contributed by atoms with Crippen LogP contribution in [0, 0.1) is 0 Å². The first-order chi connectivity index (χ1) is 10.3. The largest absolute Gasteiger partial charge is 0.497 e. The van der Waals surface area contributed by atoms with Crippen LogP contribution in [0.25, 0.3) is 10.8 Å². The van der Waals surface area contributed by atoms with Crippen LogP contribution in [0.4, 0.5) is 5.82 Å². The van der Waals surface area contributed by atoms with Crippen molar-refractivity contribution in [2.45, 2.75) is 6.42 Å². The van der Waals surface area contributed by atoms with Gasteiger partial charge in [-0.15, -0.1) is 0 Å². The highest BCUT2D eigenvalue weighted by atomic mass is 16.5. The number of rotatable bonds is 5. The van der Waals surface area contributed by atoms with Gasteiger partial charge in [-0.25, -0.2) is 4.98 Å². The Kier molecular flexibility index (Phi) is 3.73. The number of hydrogen-bond donors (Lipinski definition) is 1. The molecule has 5 heteroatoms. The molecule has 3 aromatic rings. The van der Waals surface area contributed by atoms with Gasteiger partial charge in [0.25, 0.3) is 0 Å². The minimum absolute atomic E-state index is 0.808. The van der Waals surface area contributed by atoms with Gasteiger partial charge in [0.2, 0.25) is 0 Å². The maximum absolute atomic E-state index is 5.29. The van der Waals surface area contributed by atoms with Crippen molar-refractivity contribution >= 4 is 16.6 Å². The number of pyridine rings is 1. The highest BCUT2D eigenvalue weighted by Crippen LogP contribution is 2.25. The van der Waals surface area contributed by atoms with Crippen molar-refractivity contribution in [3.63, 3.8) is 0 Å². The zero-order valence-electron chi connectivity index (χ0n) is 12.2. The van der Waals surface area contributed by atoms with Gasteiger partial charge in [-0.05, 0) is 29.7 Å². The van der Waals surface area contributed by atoms with Crippen molar-refractivity contribution in [1.29, 1.82) is 0 Å². The Morgan fingerprint density at radius 2 is 2.10 bits per heavy atom. The second-order valence-corrected chi connectivity index (χ2v) is 4.87. The molecule has 0 atom stereocenters. The molecule has 0 amide bonds. The third-order valence-electron chi connectivity index (χ3n) is 3.57. The molecule has 2 heterocycles. The Morgan fingerprint density at radius 3 is 2.86 bits per heavy atom. The second-order valence-electron chi connectivity index (χ2n) is 4.87. The normalized spacial score (nSPS) is 10.8. The Hall–Kier alpha value is -2.56. The molecule has 0 unspecified atom stereocenters. The van der Waals surface area contributed by atoms with Crippen molar-refractivity contribution < 1.29 is 4.74 Å². The number of anilines is 1. The predicted molar refractivity (Wildman–Crippen MR) is 83.7 cm³/mol. The van der Waals surface area contributed by atoms with Gasteiger partial charge in [-0.2, -0.15) is 5.10 Å². The van der Waals surface area contributed by atoms with E-state index in [1.807, 2.05) is 54.5 Å². The van der Waals surface area contributed by atoms with Gasteiger partial charge in [0, 0.05) is 43.5 Å². The van der Waals surface area contributed by atoms with Crippen LogP contribution in [0.5, 0.6) is 5.75 Å². The Labute approximate surface area is 123 Å². The van der Waals surface area contributed by atoms with Gasteiger partial charge in [-0.1, -0.05) is 6.07 Å². The van der Waals surface area contributed by atoms with Crippen LogP contribution in [0.1, 0.15) is 5.69 Å². The zero-order chi connectivity index (χ0) is 14.7. The lowest BCUT2D eigenvalue weighted by molar-refractivity contribution is 0.415. The number of hydrogen-bond acceptors (Lipinski definition) is 4. The average Bonchev–Trinajstić information content (AvgIpc) is 2.92. The summed E-state index contributed by atoms with van der Waals surface area (Å²) in [5.74, 6) is 1.72. The maximum Gasteiger partial charge on any atom is 0.133 e. The molecule has 0 radical (unpaired) electrons. The molecule has 0 saturated heterocycles. The lowest BCUT2D eigenvalue weighted by atomic mass is 10.1. The van der Waals surface area contributed by atoms with E-state index < -0.39 is 0 Å². The SMILES string of the molecule is COc1ccc2ccnc(NCCc3ccnn3C)c2c1. The molecule has 3 rings (SSSR count). The summed E-state index contributed by atoms with van der Waals surface area (Å²) in [6.07, 6.45) is 4.54. The van der Waals surface area contributed by atoms with Gasteiger partial charge in [0.05, 0.1) is 7.11 Å². The summed E-state index contributed by atoms with van der Waals surface area (Å²) in [6.45, 7) is 0.808. The minimum Gasteiger partial charge on any atom is -0.497 e. The van der Waals surface area contributed by atoms with E-state index in [1.165, 1.54) is 5.69 Å². The summed E-state index contributed by atoms with van der Waals surface area (Å²) in [7, 11) is 3.63. The molecular weight excluding hydrogens is 264 g/mol. The zero-order valence-corrected chi connectivity index (χ0v) is 12.2. The molecule has 0 aliphatic rings. The number of aryl methyl sites for hydroxylation is 1. The molecule has 0 saturated carbocycles.